The summed E-state index contributed by atoms with van der Waals surface area (Å²) < 4.78 is 0. The number of pyridine rings is 1. The maximum atomic E-state index is 12.4. The summed E-state index contributed by atoms with van der Waals surface area (Å²) in [7, 11) is 0. The van der Waals surface area contributed by atoms with E-state index in [0.717, 1.165) is 0 Å². The molecular formula is C12H17N5O2. The summed E-state index contributed by atoms with van der Waals surface area (Å²) in [4.78, 5) is 29.4. The van der Waals surface area contributed by atoms with Gasteiger partial charge in [0.2, 0.25) is 5.91 Å². The molecule has 4 N–H and O–H groups in total. The van der Waals surface area contributed by atoms with Gasteiger partial charge in [-0.2, -0.15) is 0 Å². The second-order valence-corrected chi connectivity index (χ2v) is 4.42. The van der Waals surface area contributed by atoms with Gasteiger partial charge < -0.3 is 15.6 Å². The molecule has 2 amide bonds. The maximum absolute atomic E-state index is 12.4. The molecule has 1 aromatic rings. The monoisotopic (exact) mass is 263 g/mol. The second kappa shape index (κ2) is 5.66. The number of carbonyl (C=O) groups is 2. The molecule has 2 heterocycles. The first-order chi connectivity index (χ1) is 9.10. The van der Waals surface area contributed by atoms with Crippen molar-refractivity contribution < 1.29 is 9.59 Å². The Bertz CT molecular complexity index is 503. The summed E-state index contributed by atoms with van der Waals surface area (Å²) >= 11 is 0. The molecule has 0 spiro atoms. The number of nitrogens with two attached hydrogens (primary N) is 1. The predicted octanol–water partition coefficient (Wildman–Crippen LogP) is -0.362. The van der Waals surface area contributed by atoms with E-state index in [2.05, 4.69) is 15.7 Å². The normalized spacial score (nSPS) is 15.7. The summed E-state index contributed by atoms with van der Waals surface area (Å²) in [5, 5.41) is 2.74. The van der Waals surface area contributed by atoms with E-state index in [9.17, 15) is 9.59 Å². The average molecular weight is 263 g/mol. The van der Waals surface area contributed by atoms with E-state index in [-0.39, 0.29) is 11.8 Å². The van der Waals surface area contributed by atoms with E-state index in [4.69, 9.17) is 5.84 Å². The molecule has 1 aromatic heterocycles. The molecule has 0 aromatic carbocycles. The lowest BCUT2D eigenvalue weighted by atomic mass is 10.2. The van der Waals surface area contributed by atoms with Gasteiger partial charge in [-0.15, -0.1) is 0 Å². The van der Waals surface area contributed by atoms with Gasteiger partial charge in [-0.05, 0) is 19.1 Å². The van der Waals surface area contributed by atoms with Crippen LogP contribution in [0, 0.1) is 6.92 Å². The zero-order valence-electron chi connectivity index (χ0n) is 10.8. The number of hydrogen-bond donors (Lipinski definition) is 3. The van der Waals surface area contributed by atoms with E-state index in [1.54, 1.807) is 24.0 Å². The number of hydrogen-bond acceptors (Lipinski definition) is 5. The average Bonchev–Trinajstić information content (AvgIpc) is 2.62. The van der Waals surface area contributed by atoms with Gasteiger partial charge in [-0.1, -0.05) is 0 Å². The Balaban J connectivity index is 2.18. The number of carbonyl (C=O) groups excluding carboxylic acids is 2. The van der Waals surface area contributed by atoms with Gasteiger partial charge >= 0.3 is 0 Å². The molecule has 1 fully saturated rings. The van der Waals surface area contributed by atoms with Crippen molar-refractivity contribution in [3.63, 3.8) is 0 Å². The van der Waals surface area contributed by atoms with Crippen molar-refractivity contribution in [2.24, 2.45) is 5.84 Å². The van der Waals surface area contributed by atoms with Crippen LogP contribution in [0.15, 0.2) is 12.1 Å². The molecule has 1 aliphatic heterocycles. The third kappa shape index (κ3) is 3.19. The molecule has 7 nitrogen and oxygen atoms in total. The molecule has 7 heteroatoms. The van der Waals surface area contributed by atoms with Crippen LogP contribution >= 0.6 is 0 Å². The summed E-state index contributed by atoms with van der Waals surface area (Å²) in [5.74, 6) is 5.63. The van der Waals surface area contributed by atoms with Crippen molar-refractivity contribution in [3.8, 4) is 0 Å². The van der Waals surface area contributed by atoms with Crippen LogP contribution in [0.1, 0.15) is 22.5 Å². The highest BCUT2D eigenvalue weighted by Crippen LogP contribution is 2.12. The van der Waals surface area contributed by atoms with E-state index in [1.807, 2.05) is 0 Å². The van der Waals surface area contributed by atoms with Crippen LogP contribution in [-0.2, 0) is 4.79 Å². The van der Waals surface area contributed by atoms with Crippen LogP contribution in [0.3, 0.4) is 0 Å². The Labute approximate surface area is 111 Å². The van der Waals surface area contributed by atoms with Crippen molar-refractivity contribution in [1.82, 2.24) is 15.2 Å². The van der Waals surface area contributed by atoms with Crippen LogP contribution in [0.5, 0.6) is 0 Å². The molecule has 2 rings (SSSR count). The predicted molar refractivity (Wildman–Crippen MR) is 70.3 cm³/mol. The fraction of sp³-hybridized carbons (Fsp3) is 0.417. The largest absolute Gasteiger partial charge is 0.354 e. The van der Waals surface area contributed by atoms with Crippen LogP contribution in [0.4, 0.5) is 5.82 Å². The number of nitrogens with zero attached hydrogens (tertiary/aromatic N) is 2. The first kappa shape index (κ1) is 13.3. The molecule has 0 aliphatic carbocycles. The number of aryl methyl sites for hydroxylation is 1. The minimum Gasteiger partial charge on any atom is -0.354 e. The van der Waals surface area contributed by atoms with Crippen LogP contribution in [-0.4, -0.2) is 41.3 Å². The van der Waals surface area contributed by atoms with Crippen LogP contribution in [0.25, 0.3) is 0 Å². The number of aromatic nitrogens is 1. The van der Waals surface area contributed by atoms with E-state index >= 15 is 0 Å². The molecule has 1 aliphatic rings. The third-order valence-corrected chi connectivity index (χ3v) is 2.95. The summed E-state index contributed by atoms with van der Waals surface area (Å²) in [6, 6.07) is 3.32. The second-order valence-electron chi connectivity index (χ2n) is 4.42. The van der Waals surface area contributed by atoms with Crippen molar-refractivity contribution in [2.45, 2.75) is 13.3 Å². The molecule has 0 unspecified atom stereocenters. The Hall–Kier alpha value is -2.15. The summed E-state index contributed by atoms with van der Waals surface area (Å²) in [6.07, 6.45) is 0.331. The Morgan fingerprint density at radius 1 is 1.47 bits per heavy atom. The number of rotatable bonds is 2. The van der Waals surface area contributed by atoms with Crippen molar-refractivity contribution in [1.29, 1.82) is 0 Å². The molecule has 0 bridgehead atoms. The summed E-state index contributed by atoms with van der Waals surface area (Å²) in [5.41, 5.74) is 3.67. The van der Waals surface area contributed by atoms with Gasteiger partial charge in [-0.3, -0.25) is 9.59 Å². The molecular weight excluding hydrogens is 246 g/mol. The minimum absolute atomic E-state index is 0.0227. The topological polar surface area (TPSA) is 100 Å². The summed E-state index contributed by atoms with van der Waals surface area (Å²) in [6.45, 7) is 3.22. The number of amides is 2. The Morgan fingerprint density at radius 2 is 2.26 bits per heavy atom. The number of hydrazine groups is 1. The Morgan fingerprint density at radius 3 is 3.00 bits per heavy atom. The SMILES string of the molecule is Cc1cc(C(=O)N2CCNC(=O)CC2)cc(NN)n1. The molecule has 1 saturated heterocycles. The molecule has 0 atom stereocenters. The maximum Gasteiger partial charge on any atom is 0.254 e. The highest BCUT2D eigenvalue weighted by Gasteiger charge is 2.20. The lowest BCUT2D eigenvalue weighted by Gasteiger charge is -2.20. The number of nitrogens with one attached hydrogen (secondary N) is 2. The zero-order valence-corrected chi connectivity index (χ0v) is 10.8. The van der Waals surface area contributed by atoms with Gasteiger partial charge in [0, 0.05) is 37.3 Å². The van der Waals surface area contributed by atoms with E-state index < -0.39 is 0 Å². The highest BCUT2D eigenvalue weighted by molar-refractivity contribution is 5.95. The van der Waals surface area contributed by atoms with Crippen molar-refractivity contribution in [2.75, 3.05) is 25.1 Å². The highest BCUT2D eigenvalue weighted by atomic mass is 16.2. The molecule has 19 heavy (non-hydrogen) atoms. The Kier molecular flexibility index (Phi) is 3.96. The third-order valence-electron chi connectivity index (χ3n) is 2.95. The molecule has 0 radical (unpaired) electrons. The molecule has 0 saturated carbocycles. The van der Waals surface area contributed by atoms with Crippen LogP contribution in [0.2, 0.25) is 0 Å². The van der Waals surface area contributed by atoms with Gasteiger partial charge in [0.25, 0.3) is 5.91 Å². The van der Waals surface area contributed by atoms with Gasteiger partial charge in [-0.25, -0.2) is 10.8 Å². The van der Waals surface area contributed by atoms with E-state index in [0.29, 0.717) is 43.1 Å². The minimum atomic E-state index is -0.112. The van der Waals surface area contributed by atoms with Crippen molar-refractivity contribution >= 4 is 17.6 Å². The zero-order chi connectivity index (χ0) is 13.8. The first-order valence-electron chi connectivity index (χ1n) is 6.11. The smallest absolute Gasteiger partial charge is 0.254 e. The lowest BCUT2D eigenvalue weighted by Crippen LogP contribution is -2.34. The van der Waals surface area contributed by atoms with Gasteiger partial charge in [0.15, 0.2) is 0 Å². The van der Waals surface area contributed by atoms with Gasteiger partial charge in [0.05, 0.1) is 0 Å². The van der Waals surface area contributed by atoms with Crippen molar-refractivity contribution in [3.05, 3.63) is 23.4 Å². The van der Waals surface area contributed by atoms with E-state index in [1.165, 1.54) is 0 Å². The number of nitrogen functional groups attached to an aromatic ring is 1. The number of anilines is 1. The standard InChI is InChI=1S/C12H17N5O2/c1-8-6-9(7-10(15-8)16-13)12(19)17-4-2-11(18)14-3-5-17/h6-7H,2-5,13H2,1H3,(H,14,18)(H,15,16). The lowest BCUT2D eigenvalue weighted by molar-refractivity contribution is -0.120. The first-order valence-corrected chi connectivity index (χ1v) is 6.11. The fourth-order valence-electron chi connectivity index (χ4n) is 2.02. The fourth-order valence-corrected chi connectivity index (χ4v) is 2.02. The molecule has 102 valence electrons. The van der Waals surface area contributed by atoms with Gasteiger partial charge in [0.1, 0.15) is 5.82 Å². The quantitative estimate of drug-likeness (QED) is 0.499. The van der Waals surface area contributed by atoms with Crippen LogP contribution < -0.4 is 16.6 Å².